The van der Waals surface area contributed by atoms with Crippen LogP contribution in [0.5, 0.6) is 0 Å². The number of likely N-dealkylation sites (tertiary alicyclic amines) is 1. The Morgan fingerprint density at radius 2 is 1.58 bits per heavy atom. The standard InChI is InChI=1S/C20H24N2O3S/c23-18-8-9-19(24)22(18)16-12-14-6-7-15(13-16)21(14)20(25)10-11-26-17-4-2-1-3-5-17/h1-5,14-16H,6-13H2. The molecule has 1 aromatic carbocycles. The molecule has 0 spiro atoms. The first-order chi connectivity index (χ1) is 12.6. The van der Waals surface area contributed by atoms with Crippen LogP contribution in [-0.4, -0.2) is 51.4 Å². The van der Waals surface area contributed by atoms with Gasteiger partial charge in [0, 0.05) is 48.0 Å². The van der Waals surface area contributed by atoms with Crippen molar-refractivity contribution in [2.45, 2.75) is 68.0 Å². The van der Waals surface area contributed by atoms with Crippen LogP contribution < -0.4 is 0 Å². The summed E-state index contributed by atoms with van der Waals surface area (Å²) in [6, 6.07) is 10.5. The normalized spacial score (nSPS) is 28.1. The maximum absolute atomic E-state index is 12.8. The van der Waals surface area contributed by atoms with Gasteiger partial charge in [0.05, 0.1) is 0 Å². The molecule has 3 aliphatic heterocycles. The molecule has 0 aliphatic carbocycles. The number of piperidine rings is 1. The van der Waals surface area contributed by atoms with Gasteiger partial charge >= 0.3 is 0 Å². The Balaban J connectivity index is 1.33. The average Bonchev–Trinajstić information content (AvgIpc) is 3.11. The van der Waals surface area contributed by atoms with Crippen LogP contribution in [0.3, 0.4) is 0 Å². The minimum Gasteiger partial charge on any atom is -0.337 e. The summed E-state index contributed by atoms with van der Waals surface area (Å²) in [5, 5.41) is 0. The smallest absolute Gasteiger partial charge is 0.229 e. The Hall–Kier alpha value is -1.82. The van der Waals surface area contributed by atoms with Gasteiger partial charge in [-0.2, -0.15) is 0 Å². The van der Waals surface area contributed by atoms with Crippen molar-refractivity contribution in [1.82, 2.24) is 9.80 Å². The van der Waals surface area contributed by atoms with Crippen molar-refractivity contribution in [2.24, 2.45) is 0 Å². The molecular weight excluding hydrogens is 348 g/mol. The number of nitrogens with zero attached hydrogens (tertiary/aromatic N) is 2. The Bertz CT molecular complexity index is 678. The molecule has 3 saturated heterocycles. The number of hydrogen-bond donors (Lipinski definition) is 0. The van der Waals surface area contributed by atoms with Crippen LogP contribution in [-0.2, 0) is 14.4 Å². The Morgan fingerprint density at radius 1 is 0.962 bits per heavy atom. The van der Waals surface area contributed by atoms with E-state index in [1.54, 1.807) is 11.8 Å². The van der Waals surface area contributed by atoms with Gasteiger partial charge in [-0.25, -0.2) is 0 Å². The molecular formula is C20H24N2O3S. The first-order valence-corrected chi connectivity index (χ1v) is 10.5. The summed E-state index contributed by atoms with van der Waals surface area (Å²) < 4.78 is 0. The van der Waals surface area contributed by atoms with Gasteiger partial charge < -0.3 is 4.90 Å². The minimum atomic E-state index is -0.0292. The summed E-state index contributed by atoms with van der Waals surface area (Å²) in [6.45, 7) is 0. The van der Waals surface area contributed by atoms with Gasteiger partial charge in [0.25, 0.3) is 0 Å². The van der Waals surface area contributed by atoms with Crippen LogP contribution >= 0.6 is 11.8 Å². The van der Waals surface area contributed by atoms with E-state index in [1.807, 2.05) is 18.2 Å². The molecule has 3 amide bonds. The molecule has 4 rings (SSSR count). The molecule has 26 heavy (non-hydrogen) atoms. The Labute approximate surface area is 158 Å². The maximum atomic E-state index is 12.8. The quantitative estimate of drug-likeness (QED) is 0.589. The van der Waals surface area contributed by atoms with Gasteiger partial charge in [-0.3, -0.25) is 19.3 Å². The third kappa shape index (κ3) is 3.39. The van der Waals surface area contributed by atoms with Crippen LogP contribution in [0.25, 0.3) is 0 Å². The first kappa shape index (κ1) is 17.6. The number of imide groups is 1. The lowest BCUT2D eigenvalue weighted by Gasteiger charge is -2.41. The van der Waals surface area contributed by atoms with Crippen LogP contribution in [0.2, 0.25) is 0 Å². The van der Waals surface area contributed by atoms with Gasteiger partial charge in [-0.1, -0.05) is 18.2 Å². The molecule has 3 fully saturated rings. The number of fused-ring (bicyclic) bond motifs is 2. The zero-order valence-electron chi connectivity index (χ0n) is 14.8. The number of carbonyl (C=O) groups excluding carboxylic acids is 3. The van der Waals surface area contributed by atoms with E-state index in [9.17, 15) is 14.4 Å². The number of benzene rings is 1. The molecule has 2 bridgehead atoms. The fourth-order valence-electron chi connectivity index (χ4n) is 4.67. The zero-order valence-corrected chi connectivity index (χ0v) is 15.6. The topological polar surface area (TPSA) is 57.7 Å². The predicted octanol–water partition coefficient (Wildman–Crippen LogP) is 2.84. The second-order valence-electron chi connectivity index (χ2n) is 7.38. The highest BCUT2D eigenvalue weighted by atomic mass is 32.2. The van der Waals surface area contributed by atoms with Crippen molar-refractivity contribution in [2.75, 3.05) is 5.75 Å². The molecule has 3 heterocycles. The minimum absolute atomic E-state index is 0.00209. The fourth-order valence-corrected chi connectivity index (χ4v) is 5.53. The number of amides is 3. The van der Waals surface area contributed by atoms with E-state index in [0.29, 0.717) is 19.3 Å². The van der Waals surface area contributed by atoms with Crippen LogP contribution in [0.15, 0.2) is 35.2 Å². The third-order valence-electron chi connectivity index (χ3n) is 5.78. The summed E-state index contributed by atoms with van der Waals surface area (Å²) in [7, 11) is 0. The molecule has 5 nitrogen and oxygen atoms in total. The van der Waals surface area contributed by atoms with Crippen molar-refractivity contribution < 1.29 is 14.4 Å². The Kier molecular flexibility index (Phi) is 5.02. The summed E-state index contributed by atoms with van der Waals surface area (Å²) in [5.74, 6) is 0.945. The maximum Gasteiger partial charge on any atom is 0.229 e. The highest BCUT2D eigenvalue weighted by molar-refractivity contribution is 7.99. The molecule has 0 radical (unpaired) electrons. The van der Waals surface area contributed by atoms with E-state index < -0.39 is 0 Å². The molecule has 2 unspecified atom stereocenters. The lowest BCUT2D eigenvalue weighted by molar-refractivity contribution is -0.144. The van der Waals surface area contributed by atoms with Gasteiger partial charge in [-0.15, -0.1) is 11.8 Å². The van der Waals surface area contributed by atoms with Gasteiger partial charge in [0.15, 0.2) is 0 Å². The van der Waals surface area contributed by atoms with E-state index in [1.165, 1.54) is 9.80 Å². The van der Waals surface area contributed by atoms with E-state index in [2.05, 4.69) is 17.0 Å². The fraction of sp³-hybridized carbons (Fsp3) is 0.550. The van der Waals surface area contributed by atoms with E-state index >= 15 is 0 Å². The van der Waals surface area contributed by atoms with Crippen molar-refractivity contribution in [3.8, 4) is 0 Å². The summed E-state index contributed by atoms with van der Waals surface area (Å²) in [5.41, 5.74) is 0. The van der Waals surface area contributed by atoms with Gasteiger partial charge in [0.2, 0.25) is 17.7 Å². The van der Waals surface area contributed by atoms with E-state index in [0.717, 1.165) is 31.4 Å². The van der Waals surface area contributed by atoms with Crippen molar-refractivity contribution >= 4 is 29.5 Å². The largest absolute Gasteiger partial charge is 0.337 e. The van der Waals surface area contributed by atoms with Crippen LogP contribution in [0.4, 0.5) is 0 Å². The molecule has 0 aromatic heterocycles. The third-order valence-corrected chi connectivity index (χ3v) is 6.79. The molecule has 0 N–H and O–H groups in total. The second-order valence-corrected chi connectivity index (χ2v) is 8.55. The lowest BCUT2D eigenvalue weighted by atomic mass is 9.95. The monoisotopic (exact) mass is 372 g/mol. The molecule has 3 aliphatic rings. The van der Waals surface area contributed by atoms with Crippen molar-refractivity contribution in [3.05, 3.63) is 30.3 Å². The number of thioether (sulfide) groups is 1. The van der Waals surface area contributed by atoms with Crippen LogP contribution in [0.1, 0.15) is 44.9 Å². The molecule has 2 atom stereocenters. The number of carbonyl (C=O) groups is 3. The molecule has 0 saturated carbocycles. The van der Waals surface area contributed by atoms with Gasteiger partial charge in [0.1, 0.15) is 0 Å². The average molecular weight is 372 g/mol. The first-order valence-electron chi connectivity index (χ1n) is 9.47. The van der Waals surface area contributed by atoms with Crippen molar-refractivity contribution in [3.63, 3.8) is 0 Å². The summed E-state index contributed by atoms with van der Waals surface area (Å²) >= 11 is 1.71. The molecule has 138 valence electrons. The predicted molar refractivity (Wildman–Crippen MR) is 99.5 cm³/mol. The Morgan fingerprint density at radius 3 is 2.19 bits per heavy atom. The summed E-state index contributed by atoms with van der Waals surface area (Å²) in [6.07, 6.45) is 4.74. The van der Waals surface area contributed by atoms with E-state index in [-0.39, 0.29) is 35.8 Å². The second kappa shape index (κ2) is 7.43. The molecule has 1 aromatic rings. The summed E-state index contributed by atoms with van der Waals surface area (Å²) in [4.78, 5) is 41.6. The van der Waals surface area contributed by atoms with E-state index in [4.69, 9.17) is 0 Å². The molecule has 6 heteroatoms. The zero-order chi connectivity index (χ0) is 18.1. The van der Waals surface area contributed by atoms with Crippen molar-refractivity contribution in [1.29, 1.82) is 0 Å². The number of hydrogen-bond acceptors (Lipinski definition) is 4. The SMILES string of the molecule is O=C1CCC(=O)N1C1CC2CCC(C1)N2C(=O)CCSc1ccccc1. The lowest BCUT2D eigenvalue weighted by Crippen LogP contribution is -2.53. The number of rotatable bonds is 5. The highest BCUT2D eigenvalue weighted by Crippen LogP contribution is 2.39. The highest BCUT2D eigenvalue weighted by Gasteiger charge is 2.47. The van der Waals surface area contributed by atoms with Crippen LogP contribution in [0, 0.1) is 0 Å². The van der Waals surface area contributed by atoms with Gasteiger partial charge in [-0.05, 0) is 37.8 Å².